The third-order valence-corrected chi connectivity index (χ3v) is 5.00. The van der Waals surface area contributed by atoms with Gasteiger partial charge in [-0.3, -0.25) is 4.90 Å². The van der Waals surface area contributed by atoms with E-state index < -0.39 is 0 Å². The smallest absolute Gasteiger partial charge is 0.0345 e. The zero-order chi connectivity index (χ0) is 11.4. The Morgan fingerprint density at radius 1 is 1.31 bits per heavy atom. The van der Waals surface area contributed by atoms with Crippen LogP contribution in [-0.4, -0.2) is 73.7 Å². The molecule has 0 aromatic rings. The van der Waals surface area contributed by atoms with Gasteiger partial charge in [-0.25, -0.2) is 0 Å². The van der Waals surface area contributed by atoms with Gasteiger partial charge in [0.2, 0.25) is 0 Å². The molecule has 0 radical (unpaired) electrons. The average molecular weight is 243 g/mol. The molecule has 2 unspecified atom stereocenters. The average Bonchev–Trinajstić information content (AvgIpc) is 2.32. The highest BCUT2D eigenvalue weighted by Crippen LogP contribution is 2.17. The SMILES string of the molecule is CN1CCN(C)C(CNC2CCCSC2)C1. The maximum atomic E-state index is 3.75. The lowest BCUT2D eigenvalue weighted by Crippen LogP contribution is -2.55. The number of rotatable bonds is 3. The van der Waals surface area contributed by atoms with E-state index in [4.69, 9.17) is 0 Å². The van der Waals surface area contributed by atoms with Gasteiger partial charge in [0, 0.05) is 44.0 Å². The van der Waals surface area contributed by atoms with Crippen LogP contribution in [0.4, 0.5) is 0 Å². The summed E-state index contributed by atoms with van der Waals surface area (Å²) in [4.78, 5) is 4.95. The van der Waals surface area contributed by atoms with Crippen LogP contribution < -0.4 is 5.32 Å². The van der Waals surface area contributed by atoms with Gasteiger partial charge in [0.1, 0.15) is 0 Å². The third kappa shape index (κ3) is 3.62. The van der Waals surface area contributed by atoms with Gasteiger partial charge in [-0.15, -0.1) is 0 Å². The summed E-state index contributed by atoms with van der Waals surface area (Å²) in [6, 6.07) is 1.46. The van der Waals surface area contributed by atoms with Gasteiger partial charge < -0.3 is 10.2 Å². The molecule has 2 fully saturated rings. The molecule has 4 heteroatoms. The van der Waals surface area contributed by atoms with E-state index in [-0.39, 0.29) is 0 Å². The van der Waals surface area contributed by atoms with Crippen LogP contribution in [-0.2, 0) is 0 Å². The van der Waals surface area contributed by atoms with E-state index in [1.165, 1.54) is 44.0 Å². The summed E-state index contributed by atoms with van der Waals surface area (Å²) >= 11 is 2.10. The molecule has 0 saturated carbocycles. The largest absolute Gasteiger partial charge is 0.312 e. The minimum atomic E-state index is 0.700. The van der Waals surface area contributed by atoms with Crippen LogP contribution in [0.3, 0.4) is 0 Å². The van der Waals surface area contributed by atoms with Crippen molar-refractivity contribution in [2.75, 3.05) is 51.8 Å². The van der Waals surface area contributed by atoms with Crippen LogP contribution >= 0.6 is 11.8 Å². The molecule has 0 aromatic carbocycles. The topological polar surface area (TPSA) is 18.5 Å². The zero-order valence-corrected chi connectivity index (χ0v) is 11.4. The first-order chi connectivity index (χ1) is 7.75. The molecule has 2 saturated heterocycles. The molecular formula is C12H25N3S. The number of nitrogens with one attached hydrogen (secondary N) is 1. The molecule has 2 rings (SSSR count). The van der Waals surface area contributed by atoms with Crippen molar-refractivity contribution in [3.63, 3.8) is 0 Å². The summed E-state index contributed by atoms with van der Waals surface area (Å²) in [6.07, 6.45) is 2.77. The normalized spacial score (nSPS) is 34.1. The van der Waals surface area contributed by atoms with Crippen molar-refractivity contribution in [1.29, 1.82) is 0 Å². The first kappa shape index (κ1) is 12.7. The monoisotopic (exact) mass is 243 g/mol. The molecule has 0 aromatic heterocycles. The predicted molar refractivity (Wildman–Crippen MR) is 72.3 cm³/mol. The Bertz CT molecular complexity index is 206. The fraction of sp³-hybridized carbons (Fsp3) is 1.00. The van der Waals surface area contributed by atoms with Crippen molar-refractivity contribution in [2.24, 2.45) is 0 Å². The van der Waals surface area contributed by atoms with Crippen LogP contribution in [0, 0.1) is 0 Å². The maximum Gasteiger partial charge on any atom is 0.0345 e. The van der Waals surface area contributed by atoms with Gasteiger partial charge >= 0.3 is 0 Å². The highest BCUT2D eigenvalue weighted by molar-refractivity contribution is 7.99. The maximum absolute atomic E-state index is 3.75. The molecule has 3 nitrogen and oxygen atoms in total. The summed E-state index contributed by atoms with van der Waals surface area (Å²) in [6.45, 7) is 4.80. The first-order valence-corrected chi connectivity index (χ1v) is 7.61. The second-order valence-corrected chi connectivity index (χ2v) is 6.37. The van der Waals surface area contributed by atoms with E-state index in [0.29, 0.717) is 6.04 Å². The summed E-state index contributed by atoms with van der Waals surface area (Å²) < 4.78 is 0. The quantitative estimate of drug-likeness (QED) is 0.787. The molecule has 0 spiro atoms. The van der Waals surface area contributed by atoms with Gasteiger partial charge in [0.15, 0.2) is 0 Å². The Labute approximate surface area is 104 Å². The van der Waals surface area contributed by atoms with E-state index in [1.54, 1.807) is 0 Å². The van der Waals surface area contributed by atoms with Crippen molar-refractivity contribution in [3.8, 4) is 0 Å². The number of hydrogen-bond acceptors (Lipinski definition) is 4. The molecule has 2 heterocycles. The van der Waals surface area contributed by atoms with E-state index >= 15 is 0 Å². The number of piperazine rings is 1. The van der Waals surface area contributed by atoms with Crippen molar-refractivity contribution in [3.05, 3.63) is 0 Å². The second-order valence-electron chi connectivity index (χ2n) is 5.22. The fourth-order valence-electron chi connectivity index (χ4n) is 2.53. The molecule has 1 N–H and O–H groups in total. The minimum absolute atomic E-state index is 0.700. The van der Waals surface area contributed by atoms with Crippen LogP contribution in [0.2, 0.25) is 0 Å². The van der Waals surface area contributed by atoms with E-state index in [9.17, 15) is 0 Å². The standard InChI is InChI=1S/C12H25N3S/c1-14-5-6-15(2)12(9-14)8-13-11-4-3-7-16-10-11/h11-13H,3-10H2,1-2H3. The highest BCUT2D eigenvalue weighted by Gasteiger charge is 2.23. The van der Waals surface area contributed by atoms with Gasteiger partial charge in [-0.1, -0.05) is 0 Å². The molecular weight excluding hydrogens is 218 g/mol. The lowest BCUT2D eigenvalue weighted by molar-refractivity contribution is 0.111. The molecule has 0 aliphatic carbocycles. The Kier molecular flexibility index (Phi) is 4.95. The molecule has 0 bridgehead atoms. The van der Waals surface area contributed by atoms with Crippen molar-refractivity contribution < 1.29 is 0 Å². The van der Waals surface area contributed by atoms with E-state index in [0.717, 1.165) is 12.6 Å². The van der Waals surface area contributed by atoms with Crippen molar-refractivity contribution >= 4 is 11.8 Å². The number of hydrogen-bond donors (Lipinski definition) is 1. The van der Waals surface area contributed by atoms with E-state index in [2.05, 4.69) is 41.0 Å². The van der Waals surface area contributed by atoms with Crippen LogP contribution in [0.25, 0.3) is 0 Å². The highest BCUT2D eigenvalue weighted by atomic mass is 32.2. The number of nitrogens with zero attached hydrogens (tertiary/aromatic N) is 2. The second kappa shape index (κ2) is 6.24. The zero-order valence-electron chi connectivity index (χ0n) is 10.6. The van der Waals surface area contributed by atoms with Gasteiger partial charge in [0.25, 0.3) is 0 Å². The van der Waals surface area contributed by atoms with E-state index in [1.807, 2.05) is 0 Å². The Balaban J connectivity index is 1.71. The van der Waals surface area contributed by atoms with Crippen molar-refractivity contribution in [1.82, 2.24) is 15.1 Å². The lowest BCUT2D eigenvalue weighted by Gasteiger charge is -2.38. The third-order valence-electron chi connectivity index (χ3n) is 3.78. The number of thioether (sulfide) groups is 1. The molecule has 0 amide bonds. The van der Waals surface area contributed by atoms with Crippen LogP contribution in [0.1, 0.15) is 12.8 Å². The summed E-state index contributed by atoms with van der Waals surface area (Å²) in [5.41, 5.74) is 0. The van der Waals surface area contributed by atoms with Crippen LogP contribution in [0.5, 0.6) is 0 Å². The van der Waals surface area contributed by atoms with Gasteiger partial charge in [-0.2, -0.15) is 11.8 Å². The number of likely N-dealkylation sites (N-methyl/N-ethyl adjacent to an activating group) is 2. The lowest BCUT2D eigenvalue weighted by atomic mass is 10.1. The molecule has 94 valence electrons. The Morgan fingerprint density at radius 2 is 2.19 bits per heavy atom. The Hall–Kier alpha value is 0.230. The summed E-state index contributed by atoms with van der Waals surface area (Å²) in [7, 11) is 4.49. The molecule has 2 aliphatic heterocycles. The summed E-state index contributed by atoms with van der Waals surface area (Å²) in [5.74, 6) is 2.68. The molecule has 2 atom stereocenters. The molecule has 16 heavy (non-hydrogen) atoms. The first-order valence-electron chi connectivity index (χ1n) is 6.45. The van der Waals surface area contributed by atoms with Crippen molar-refractivity contribution in [2.45, 2.75) is 24.9 Å². The van der Waals surface area contributed by atoms with Crippen LogP contribution in [0.15, 0.2) is 0 Å². The predicted octanol–water partition coefficient (Wildman–Crippen LogP) is 0.717. The van der Waals surface area contributed by atoms with Gasteiger partial charge in [0.05, 0.1) is 0 Å². The fourth-order valence-corrected chi connectivity index (χ4v) is 3.63. The summed E-state index contributed by atoms with van der Waals surface area (Å²) in [5, 5.41) is 3.75. The minimum Gasteiger partial charge on any atom is -0.312 e. The van der Waals surface area contributed by atoms with Gasteiger partial charge in [-0.05, 0) is 32.7 Å². The Morgan fingerprint density at radius 3 is 2.94 bits per heavy atom. The molecule has 2 aliphatic rings.